The molecule has 1 aliphatic heterocycles. The van der Waals surface area contributed by atoms with E-state index in [9.17, 15) is 8.42 Å². The number of anilines is 2. The fourth-order valence-electron chi connectivity index (χ4n) is 5.84. The highest BCUT2D eigenvalue weighted by molar-refractivity contribution is 7.92. The third-order valence-electron chi connectivity index (χ3n) is 8.02. The normalized spacial score (nSPS) is 20.1. The highest BCUT2D eigenvalue weighted by Gasteiger charge is 2.38. The average Bonchev–Trinajstić information content (AvgIpc) is 3.43. The number of rotatable bonds is 5. The Balaban J connectivity index is 1.25. The number of sulfonamides is 1. The summed E-state index contributed by atoms with van der Waals surface area (Å²) in [6, 6.07) is 32.1. The van der Waals surface area contributed by atoms with Crippen LogP contribution in [0.5, 0.6) is 0 Å². The van der Waals surface area contributed by atoms with E-state index in [1.807, 2.05) is 66.7 Å². The molecule has 0 unspecified atom stereocenters. The summed E-state index contributed by atoms with van der Waals surface area (Å²) in [5.41, 5.74) is 7.42. The first-order chi connectivity index (χ1) is 18.7. The summed E-state index contributed by atoms with van der Waals surface area (Å²) in [5, 5.41) is 3.74. The number of nitrogens with one attached hydrogen (secondary N) is 2. The van der Waals surface area contributed by atoms with Gasteiger partial charge in [0.25, 0.3) is 10.0 Å². The maximum atomic E-state index is 13.4. The molecular weight excluding hydrogens is 500 g/mol. The number of fused-ring (bicyclic) bond motifs is 3. The minimum Gasteiger partial charge on any atom is -0.378 e. The number of hydrogen-bond donors (Lipinski definition) is 2. The van der Waals surface area contributed by atoms with Gasteiger partial charge in [0.1, 0.15) is 0 Å². The van der Waals surface area contributed by atoms with Gasteiger partial charge in [0.2, 0.25) is 0 Å². The van der Waals surface area contributed by atoms with Crippen LogP contribution in [0.2, 0.25) is 0 Å². The van der Waals surface area contributed by atoms with Crippen molar-refractivity contribution < 1.29 is 8.42 Å². The second-order valence-corrected chi connectivity index (χ2v) is 13.3. The van der Waals surface area contributed by atoms with E-state index in [1.165, 1.54) is 11.1 Å². The standard InChI is InChI=1S/C34H34N2O2S/c1-34(2,3)26-16-12-25(13-17-26)33-30-11-7-10-29(30)31-22-28(20-21-32(31)35-33)39(37,38)36-27-18-14-24(15-19-27)23-8-5-4-6-9-23/h4-10,12-22,29-30,33,35-36H,11H2,1-3H3/t29-,30+,33+/m0/s1. The van der Waals surface area contributed by atoms with Gasteiger partial charge in [-0.25, -0.2) is 8.42 Å². The maximum Gasteiger partial charge on any atom is 0.261 e. The zero-order chi connectivity index (χ0) is 27.2. The van der Waals surface area contributed by atoms with E-state index in [4.69, 9.17) is 0 Å². The summed E-state index contributed by atoms with van der Waals surface area (Å²) < 4.78 is 29.5. The molecule has 4 aromatic carbocycles. The minimum absolute atomic E-state index is 0.114. The molecule has 39 heavy (non-hydrogen) atoms. The molecule has 0 aromatic heterocycles. The van der Waals surface area contributed by atoms with Crippen molar-refractivity contribution >= 4 is 21.4 Å². The average molecular weight is 535 g/mol. The lowest BCUT2D eigenvalue weighted by atomic mass is 9.76. The van der Waals surface area contributed by atoms with E-state index in [0.29, 0.717) is 11.6 Å². The van der Waals surface area contributed by atoms with Crippen molar-refractivity contribution in [3.05, 3.63) is 126 Å². The van der Waals surface area contributed by atoms with E-state index in [-0.39, 0.29) is 22.3 Å². The molecule has 198 valence electrons. The largest absolute Gasteiger partial charge is 0.378 e. The highest BCUT2D eigenvalue weighted by atomic mass is 32.2. The van der Waals surface area contributed by atoms with Crippen LogP contribution in [-0.2, 0) is 15.4 Å². The van der Waals surface area contributed by atoms with Crippen LogP contribution in [0, 0.1) is 5.92 Å². The lowest BCUT2D eigenvalue weighted by Gasteiger charge is -2.38. The summed E-state index contributed by atoms with van der Waals surface area (Å²) in [7, 11) is -3.74. The molecule has 2 aliphatic rings. The third kappa shape index (κ3) is 4.99. The molecule has 2 N–H and O–H groups in total. The highest BCUT2D eigenvalue weighted by Crippen LogP contribution is 2.50. The van der Waals surface area contributed by atoms with Gasteiger partial charge in [0, 0.05) is 17.3 Å². The smallest absolute Gasteiger partial charge is 0.261 e. The molecule has 5 heteroatoms. The Labute approximate surface area is 231 Å². The lowest BCUT2D eigenvalue weighted by molar-refractivity contribution is 0.425. The van der Waals surface area contributed by atoms with Crippen LogP contribution in [0.4, 0.5) is 11.4 Å². The van der Waals surface area contributed by atoms with Crippen LogP contribution in [0.3, 0.4) is 0 Å². The molecule has 0 bridgehead atoms. The molecule has 1 heterocycles. The topological polar surface area (TPSA) is 58.2 Å². The van der Waals surface area contributed by atoms with Crippen LogP contribution < -0.4 is 10.0 Å². The molecule has 0 saturated carbocycles. The zero-order valence-corrected chi connectivity index (χ0v) is 23.4. The van der Waals surface area contributed by atoms with Gasteiger partial charge >= 0.3 is 0 Å². The molecule has 0 spiro atoms. The summed E-state index contributed by atoms with van der Waals surface area (Å²) in [6.45, 7) is 6.69. The molecule has 6 rings (SSSR count). The Hall–Kier alpha value is -3.83. The van der Waals surface area contributed by atoms with Gasteiger partial charge in [-0.1, -0.05) is 99.7 Å². The van der Waals surface area contributed by atoms with Crippen molar-refractivity contribution in [1.29, 1.82) is 0 Å². The fraction of sp³-hybridized carbons (Fsp3) is 0.235. The van der Waals surface area contributed by atoms with Crippen LogP contribution in [0.15, 0.2) is 114 Å². The fourth-order valence-corrected chi connectivity index (χ4v) is 6.93. The predicted octanol–water partition coefficient (Wildman–Crippen LogP) is 8.28. The van der Waals surface area contributed by atoms with Gasteiger partial charge in [-0.3, -0.25) is 4.72 Å². The van der Waals surface area contributed by atoms with E-state index in [1.54, 1.807) is 6.07 Å². The molecule has 4 nitrogen and oxygen atoms in total. The van der Waals surface area contributed by atoms with Crippen LogP contribution in [0.25, 0.3) is 11.1 Å². The van der Waals surface area contributed by atoms with Gasteiger partial charge in [-0.2, -0.15) is 0 Å². The zero-order valence-electron chi connectivity index (χ0n) is 22.6. The maximum absolute atomic E-state index is 13.4. The molecule has 0 fully saturated rings. The summed E-state index contributed by atoms with van der Waals surface area (Å²) >= 11 is 0. The predicted molar refractivity (Wildman–Crippen MR) is 161 cm³/mol. The first-order valence-electron chi connectivity index (χ1n) is 13.5. The molecule has 0 saturated heterocycles. The Morgan fingerprint density at radius 2 is 1.51 bits per heavy atom. The van der Waals surface area contributed by atoms with Gasteiger partial charge in [0.15, 0.2) is 0 Å². The van der Waals surface area contributed by atoms with Crippen molar-refractivity contribution in [1.82, 2.24) is 0 Å². The van der Waals surface area contributed by atoms with Gasteiger partial charge in [-0.05, 0) is 75.9 Å². The van der Waals surface area contributed by atoms with Crippen molar-refractivity contribution in [3.8, 4) is 11.1 Å². The van der Waals surface area contributed by atoms with Crippen molar-refractivity contribution in [3.63, 3.8) is 0 Å². The number of allylic oxidation sites excluding steroid dienone is 2. The second kappa shape index (κ2) is 9.73. The Bertz CT molecular complexity index is 1620. The van der Waals surface area contributed by atoms with E-state index in [2.05, 4.69) is 67.2 Å². The first-order valence-corrected chi connectivity index (χ1v) is 15.0. The molecule has 3 atom stereocenters. The molecular formula is C34H34N2O2S. The van der Waals surface area contributed by atoms with Crippen molar-refractivity contribution in [2.75, 3.05) is 10.0 Å². The second-order valence-electron chi connectivity index (χ2n) is 11.6. The van der Waals surface area contributed by atoms with Crippen molar-refractivity contribution in [2.24, 2.45) is 5.92 Å². The monoisotopic (exact) mass is 534 g/mol. The molecule has 0 amide bonds. The van der Waals surface area contributed by atoms with Gasteiger partial charge < -0.3 is 5.32 Å². The Morgan fingerprint density at radius 3 is 2.21 bits per heavy atom. The van der Waals surface area contributed by atoms with E-state index in [0.717, 1.165) is 28.8 Å². The van der Waals surface area contributed by atoms with Crippen LogP contribution in [0.1, 0.15) is 55.8 Å². The van der Waals surface area contributed by atoms with Crippen LogP contribution in [-0.4, -0.2) is 8.42 Å². The number of benzene rings is 4. The third-order valence-corrected chi connectivity index (χ3v) is 9.40. The summed E-state index contributed by atoms with van der Waals surface area (Å²) in [4.78, 5) is 0.280. The summed E-state index contributed by atoms with van der Waals surface area (Å²) in [5.74, 6) is 0.517. The quantitative estimate of drug-likeness (QED) is 0.253. The SMILES string of the molecule is CC(C)(C)c1ccc([C@H]2Nc3ccc(S(=O)(=O)Nc4ccc(-c5ccccc5)cc4)cc3[C@H]3C=CC[C@H]32)cc1. The van der Waals surface area contributed by atoms with Gasteiger partial charge in [0.05, 0.1) is 10.9 Å². The number of hydrogen-bond acceptors (Lipinski definition) is 3. The molecule has 4 aromatic rings. The van der Waals surface area contributed by atoms with Gasteiger partial charge in [-0.15, -0.1) is 0 Å². The Morgan fingerprint density at radius 1 is 0.821 bits per heavy atom. The van der Waals surface area contributed by atoms with Crippen molar-refractivity contribution in [2.45, 2.75) is 49.5 Å². The molecule has 0 radical (unpaired) electrons. The lowest BCUT2D eigenvalue weighted by Crippen LogP contribution is -2.29. The molecule has 1 aliphatic carbocycles. The van der Waals surface area contributed by atoms with E-state index >= 15 is 0 Å². The van der Waals surface area contributed by atoms with Crippen LogP contribution >= 0.6 is 0 Å². The minimum atomic E-state index is -3.74. The van der Waals surface area contributed by atoms with E-state index < -0.39 is 10.0 Å². The Kier molecular flexibility index (Phi) is 6.35. The first kappa shape index (κ1) is 25.4. The summed E-state index contributed by atoms with van der Waals surface area (Å²) in [6.07, 6.45) is 5.44.